The van der Waals surface area contributed by atoms with Crippen LogP contribution in [0, 0.1) is 5.92 Å². The van der Waals surface area contributed by atoms with E-state index in [1.807, 2.05) is 41.5 Å². The first kappa shape index (κ1) is 17.8. The van der Waals surface area contributed by atoms with Crippen LogP contribution in [0.5, 0.6) is 0 Å². The Morgan fingerprint density at radius 1 is 0.857 bits per heavy atom. The molecule has 1 saturated carbocycles. The van der Waals surface area contributed by atoms with E-state index in [1.165, 1.54) is 30.4 Å². The third-order valence-electron chi connectivity index (χ3n) is 3.98. The molecule has 0 heterocycles. The normalized spacial score (nSPS) is 21.8. The number of aryl methyl sites for hydroxylation is 1. The molecular formula is C21H32. The fourth-order valence-corrected chi connectivity index (χ4v) is 3.00. The van der Waals surface area contributed by atoms with Crippen LogP contribution < -0.4 is 0 Å². The summed E-state index contributed by atoms with van der Waals surface area (Å²) in [7, 11) is 0. The lowest BCUT2D eigenvalue weighted by Crippen LogP contribution is -2.00. The summed E-state index contributed by atoms with van der Waals surface area (Å²) in [4.78, 5) is 0. The summed E-state index contributed by atoms with van der Waals surface area (Å²) >= 11 is 0. The minimum atomic E-state index is 0.852. The van der Waals surface area contributed by atoms with E-state index in [4.69, 9.17) is 0 Å². The highest BCUT2D eigenvalue weighted by Gasteiger charge is 2.39. The molecule has 2 atom stereocenters. The Morgan fingerprint density at radius 3 is 2.29 bits per heavy atom. The van der Waals surface area contributed by atoms with Gasteiger partial charge in [-0.3, -0.25) is 0 Å². The molecule has 0 nitrogen and oxygen atoms in total. The van der Waals surface area contributed by atoms with Crippen molar-refractivity contribution < 1.29 is 0 Å². The van der Waals surface area contributed by atoms with Crippen LogP contribution in [0.1, 0.15) is 82.6 Å². The van der Waals surface area contributed by atoms with Gasteiger partial charge in [-0.1, -0.05) is 78.0 Å². The Labute approximate surface area is 132 Å². The average Bonchev–Trinajstić information content (AvgIpc) is 3.39. The largest absolute Gasteiger partial charge is 0.0836 e. The van der Waals surface area contributed by atoms with Crippen LogP contribution in [0.4, 0.5) is 0 Å². The lowest BCUT2D eigenvalue weighted by atomic mass is 9.88. The van der Waals surface area contributed by atoms with Gasteiger partial charge in [-0.25, -0.2) is 0 Å². The van der Waals surface area contributed by atoms with Crippen molar-refractivity contribution in [3.63, 3.8) is 0 Å². The monoisotopic (exact) mass is 284 g/mol. The Morgan fingerprint density at radius 2 is 1.57 bits per heavy atom. The van der Waals surface area contributed by atoms with Gasteiger partial charge in [0.25, 0.3) is 0 Å². The second kappa shape index (κ2) is 8.87. The van der Waals surface area contributed by atoms with Gasteiger partial charge in [0.1, 0.15) is 0 Å². The van der Waals surface area contributed by atoms with Crippen LogP contribution in [-0.4, -0.2) is 0 Å². The topological polar surface area (TPSA) is 0 Å². The molecule has 0 saturated heterocycles. The molecule has 1 fully saturated rings. The number of benzene rings is 1. The molecule has 0 aliphatic heterocycles. The maximum absolute atomic E-state index is 2.44. The molecular weight excluding hydrogens is 252 g/mol. The maximum atomic E-state index is 2.44. The first-order valence-electron chi connectivity index (χ1n) is 8.93. The summed E-state index contributed by atoms with van der Waals surface area (Å²) in [5.41, 5.74) is 6.11. The summed E-state index contributed by atoms with van der Waals surface area (Å²) < 4.78 is 0. The van der Waals surface area contributed by atoms with E-state index in [1.54, 1.807) is 11.1 Å². The standard InChI is InChI=1S/C15H14.3C2H6/c1-2-4-11-8-14-12(7-10(11)3-1)5-6-13-9-15(13)14;3*1-2/h2,4-8,13,15H,1,3,9H2;3*1-2H3. The molecule has 0 N–H and O–H groups in total. The van der Waals surface area contributed by atoms with Crippen LogP contribution in [0.25, 0.3) is 12.2 Å². The summed E-state index contributed by atoms with van der Waals surface area (Å²) in [6.07, 6.45) is 13.2. The highest BCUT2D eigenvalue weighted by atomic mass is 14.4. The van der Waals surface area contributed by atoms with E-state index < -0.39 is 0 Å². The van der Waals surface area contributed by atoms with E-state index in [0.29, 0.717) is 0 Å². The van der Waals surface area contributed by atoms with Crippen molar-refractivity contribution in [3.05, 3.63) is 46.5 Å². The molecule has 0 spiro atoms. The number of fused-ring (bicyclic) bond motifs is 4. The van der Waals surface area contributed by atoms with Crippen LogP contribution in [0.15, 0.2) is 24.3 Å². The molecule has 21 heavy (non-hydrogen) atoms. The third kappa shape index (κ3) is 3.87. The molecule has 3 aliphatic carbocycles. The van der Waals surface area contributed by atoms with Crippen LogP contribution >= 0.6 is 0 Å². The number of hydrogen-bond acceptors (Lipinski definition) is 0. The molecule has 0 amide bonds. The van der Waals surface area contributed by atoms with Gasteiger partial charge in [-0.2, -0.15) is 0 Å². The highest BCUT2D eigenvalue weighted by Crippen LogP contribution is 2.53. The summed E-state index contributed by atoms with van der Waals surface area (Å²) in [5.74, 6) is 1.72. The Bertz CT molecular complexity index is 491. The molecule has 116 valence electrons. The molecule has 0 radical (unpaired) electrons. The SMILES string of the molecule is C1=Cc2cc3c(cc2CC1)C=CC1CC31.CC.CC.CC. The molecule has 0 aromatic heterocycles. The van der Waals surface area contributed by atoms with Gasteiger partial charge in [-0.05, 0) is 53.4 Å². The molecule has 0 heteroatoms. The third-order valence-corrected chi connectivity index (χ3v) is 3.98. The van der Waals surface area contributed by atoms with Gasteiger partial charge in [0.2, 0.25) is 0 Å². The van der Waals surface area contributed by atoms with Gasteiger partial charge >= 0.3 is 0 Å². The van der Waals surface area contributed by atoms with Gasteiger partial charge in [0, 0.05) is 0 Å². The Balaban J connectivity index is 0.000000332. The van der Waals surface area contributed by atoms with Crippen molar-refractivity contribution in [1.82, 2.24) is 0 Å². The Kier molecular flexibility index (Phi) is 7.50. The highest BCUT2D eigenvalue weighted by molar-refractivity contribution is 5.68. The maximum Gasteiger partial charge on any atom is -0.00867 e. The molecule has 1 aromatic rings. The number of hydrogen-bond donors (Lipinski definition) is 0. The zero-order valence-electron chi connectivity index (χ0n) is 14.7. The molecule has 4 rings (SSSR count). The van der Waals surface area contributed by atoms with E-state index >= 15 is 0 Å². The second-order valence-electron chi connectivity index (χ2n) is 4.99. The minimum Gasteiger partial charge on any atom is -0.0836 e. The average molecular weight is 284 g/mol. The smallest absolute Gasteiger partial charge is 0.00867 e. The van der Waals surface area contributed by atoms with Crippen molar-refractivity contribution in [1.29, 1.82) is 0 Å². The van der Waals surface area contributed by atoms with E-state index in [0.717, 1.165) is 11.8 Å². The van der Waals surface area contributed by atoms with Gasteiger partial charge in [0.15, 0.2) is 0 Å². The summed E-state index contributed by atoms with van der Waals surface area (Å²) in [5, 5.41) is 0. The summed E-state index contributed by atoms with van der Waals surface area (Å²) in [6.45, 7) is 12.0. The fraction of sp³-hybridized carbons (Fsp3) is 0.524. The molecule has 2 unspecified atom stereocenters. The van der Waals surface area contributed by atoms with Gasteiger partial charge in [-0.15, -0.1) is 0 Å². The van der Waals surface area contributed by atoms with Crippen LogP contribution in [-0.2, 0) is 6.42 Å². The van der Waals surface area contributed by atoms with Gasteiger partial charge < -0.3 is 0 Å². The van der Waals surface area contributed by atoms with Crippen molar-refractivity contribution in [2.45, 2.75) is 66.7 Å². The first-order valence-corrected chi connectivity index (χ1v) is 8.93. The van der Waals surface area contributed by atoms with Crippen molar-refractivity contribution in [2.24, 2.45) is 5.92 Å². The molecule has 1 aromatic carbocycles. The molecule has 0 bridgehead atoms. The van der Waals surface area contributed by atoms with Crippen molar-refractivity contribution in [3.8, 4) is 0 Å². The van der Waals surface area contributed by atoms with E-state index in [2.05, 4.69) is 36.4 Å². The van der Waals surface area contributed by atoms with E-state index in [-0.39, 0.29) is 0 Å². The number of allylic oxidation sites excluding steroid dienone is 2. The van der Waals surface area contributed by atoms with Crippen molar-refractivity contribution in [2.75, 3.05) is 0 Å². The minimum absolute atomic E-state index is 0.852. The van der Waals surface area contributed by atoms with Crippen LogP contribution in [0.2, 0.25) is 0 Å². The quantitative estimate of drug-likeness (QED) is 0.488. The predicted molar refractivity (Wildman–Crippen MR) is 97.7 cm³/mol. The molecule has 3 aliphatic rings. The first-order chi connectivity index (χ1) is 10.4. The lowest BCUT2D eigenvalue weighted by Gasteiger charge is -2.17. The lowest BCUT2D eigenvalue weighted by molar-refractivity contribution is 0.958. The second-order valence-corrected chi connectivity index (χ2v) is 4.99. The van der Waals surface area contributed by atoms with Gasteiger partial charge in [0.05, 0.1) is 0 Å². The zero-order chi connectivity index (χ0) is 15.8. The fourth-order valence-electron chi connectivity index (χ4n) is 3.00. The van der Waals surface area contributed by atoms with Crippen molar-refractivity contribution >= 4 is 12.2 Å². The van der Waals surface area contributed by atoms with Crippen LogP contribution in [0.3, 0.4) is 0 Å². The Hall–Kier alpha value is -1.30. The number of rotatable bonds is 0. The zero-order valence-corrected chi connectivity index (χ0v) is 14.7. The predicted octanol–water partition coefficient (Wildman–Crippen LogP) is 6.85. The summed E-state index contributed by atoms with van der Waals surface area (Å²) in [6, 6.07) is 4.85. The van der Waals surface area contributed by atoms with E-state index in [9.17, 15) is 0 Å².